The normalized spacial score (nSPS) is 23.1. The standard InChI is InChI=1S/C13H23N3O3.C4H4O4/c1-4-18-12(17)15-14-11-9-13(19-10(11)2)5-7-16(3)8-6-13;5-3(6)1-2-4(7)8/h10H,4-9H2,1-3H3,(H,15,17);1-2H,(H,5,6)(H,7,8). The molecule has 2 saturated heterocycles. The summed E-state index contributed by atoms with van der Waals surface area (Å²) in [6.45, 7) is 6.19. The Hall–Kier alpha value is -2.46. The molecule has 1 unspecified atom stereocenters. The molecule has 0 radical (unpaired) electrons. The fourth-order valence-corrected chi connectivity index (χ4v) is 2.83. The molecule has 27 heavy (non-hydrogen) atoms. The number of hydrazone groups is 1. The number of carboxylic acids is 2. The Balaban J connectivity index is 0.000000387. The first-order valence-electron chi connectivity index (χ1n) is 8.67. The second-order valence-corrected chi connectivity index (χ2v) is 6.37. The largest absolute Gasteiger partial charge is 0.478 e. The molecule has 10 nitrogen and oxygen atoms in total. The van der Waals surface area contributed by atoms with Gasteiger partial charge in [-0.2, -0.15) is 5.10 Å². The number of nitrogens with zero attached hydrogens (tertiary/aromatic N) is 2. The van der Waals surface area contributed by atoms with E-state index in [-0.39, 0.29) is 11.7 Å². The SMILES string of the molecule is CCOC(=O)NN=C1CC2(CCN(C)CC2)OC1C.O=C(O)C=CC(=O)O. The van der Waals surface area contributed by atoms with Gasteiger partial charge in [-0.25, -0.2) is 19.8 Å². The molecule has 152 valence electrons. The van der Waals surface area contributed by atoms with Crippen LogP contribution >= 0.6 is 0 Å². The molecule has 2 rings (SSSR count). The van der Waals surface area contributed by atoms with Crippen LogP contribution < -0.4 is 5.43 Å². The van der Waals surface area contributed by atoms with Crippen molar-refractivity contribution in [1.82, 2.24) is 10.3 Å². The summed E-state index contributed by atoms with van der Waals surface area (Å²) in [5.41, 5.74) is 3.24. The van der Waals surface area contributed by atoms with Crippen LogP contribution in [0.1, 0.15) is 33.1 Å². The maximum atomic E-state index is 11.2. The number of likely N-dealkylation sites (tertiary alicyclic amines) is 1. The van der Waals surface area contributed by atoms with Crippen molar-refractivity contribution >= 4 is 23.7 Å². The molecule has 0 aromatic carbocycles. The number of hydrogen-bond acceptors (Lipinski definition) is 7. The van der Waals surface area contributed by atoms with Crippen molar-refractivity contribution in [2.75, 3.05) is 26.7 Å². The Morgan fingerprint density at radius 3 is 2.33 bits per heavy atom. The molecule has 0 aliphatic carbocycles. The van der Waals surface area contributed by atoms with Crippen LogP contribution in [0.3, 0.4) is 0 Å². The topological polar surface area (TPSA) is 138 Å². The van der Waals surface area contributed by atoms with E-state index in [1.54, 1.807) is 6.92 Å². The van der Waals surface area contributed by atoms with E-state index in [9.17, 15) is 14.4 Å². The van der Waals surface area contributed by atoms with Crippen molar-refractivity contribution < 1.29 is 34.1 Å². The van der Waals surface area contributed by atoms with E-state index < -0.39 is 18.0 Å². The van der Waals surface area contributed by atoms with E-state index in [1.807, 2.05) is 6.92 Å². The van der Waals surface area contributed by atoms with Crippen molar-refractivity contribution in [3.8, 4) is 0 Å². The van der Waals surface area contributed by atoms with Gasteiger partial charge in [-0.3, -0.25) is 0 Å². The molecule has 0 saturated carbocycles. The molecule has 1 atom stereocenters. The minimum atomic E-state index is -1.26. The van der Waals surface area contributed by atoms with Crippen molar-refractivity contribution in [3.05, 3.63) is 12.2 Å². The van der Waals surface area contributed by atoms with Crippen LogP contribution in [0, 0.1) is 0 Å². The number of hydrogen-bond donors (Lipinski definition) is 3. The highest BCUT2D eigenvalue weighted by molar-refractivity contribution is 5.91. The maximum absolute atomic E-state index is 11.2. The summed E-state index contributed by atoms with van der Waals surface area (Å²) in [7, 11) is 2.13. The molecule has 3 N–H and O–H groups in total. The van der Waals surface area contributed by atoms with Crippen molar-refractivity contribution in [1.29, 1.82) is 0 Å². The third-order valence-electron chi connectivity index (χ3n) is 4.23. The maximum Gasteiger partial charge on any atom is 0.427 e. The Morgan fingerprint density at radius 2 is 1.85 bits per heavy atom. The lowest BCUT2D eigenvalue weighted by Gasteiger charge is -2.36. The van der Waals surface area contributed by atoms with Gasteiger partial charge in [-0.15, -0.1) is 0 Å². The number of rotatable bonds is 4. The van der Waals surface area contributed by atoms with E-state index in [1.165, 1.54) is 0 Å². The summed E-state index contributed by atoms with van der Waals surface area (Å²) >= 11 is 0. The first-order chi connectivity index (χ1) is 12.7. The van der Waals surface area contributed by atoms with Gasteiger partial charge in [0.15, 0.2) is 0 Å². The molecule has 2 aliphatic rings. The molecule has 0 aromatic rings. The molecule has 2 fully saturated rings. The van der Waals surface area contributed by atoms with Gasteiger partial charge in [0.05, 0.1) is 24.0 Å². The predicted octanol–water partition coefficient (Wildman–Crippen LogP) is 1.07. The predicted molar refractivity (Wildman–Crippen MR) is 96.6 cm³/mol. The number of piperidine rings is 1. The van der Waals surface area contributed by atoms with Gasteiger partial charge in [0.1, 0.15) is 0 Å². The van der Waals surface area contributed by atoms with Crippen LogP contribution in [0.4, 0.5) is 4.79 Å². The molecule has 1 spiro atoms. The highest BCUT2D eigenvalue weighted by Crippen LogP contribution is 2.37. The monoisotopic (exact) mass is 385 g/mol. The summed E-state index contributed by atoms with van der Waals surface area (Å²) in [6, 6.07) is 0. The summed E-state index contributed by atoms with van der Waals surface area (Å²) in [5.74, 6) is -2.51. The van der Waals surface area contributed by atoms with Gasteiger partial charge in [-0.05, 0) is 33.7 Å². The minimum Gasteiger partial charge on any atom is -0.478 e. The average Bonchev–Trinajstić information content (AvgIpc) is 2.91. The summed E-state index contributed by atoms with van der Waals surface area (Å²) in [6.07, 6.45) is 3.41. The van der Waals surface area contributed by atoms with Crippen LogP contribution in [0.25, 0.3) is 0 Å². The third-order valence-corrected chi connectivity index (χ3v) is 4.23. The van der Waals surface area contributed by atoms with Crippen molar-refractivity contribution in [3.63, 3.8) is 0 Å². The zero-order valence-electron chi connectivity index (χ0n) is 15.8. The lowest BCUT2D eigenvalue weighted by molar-refractivity contribution is -0.134. The zero-order valence-corrected chi connectivity index (χ0v) is 15.8. The number of nitrogens with one attached hydrogen (secondary N) is 1. The Morgan fingerprint density at radius 1 is 1.30 bits per heavy atom. The fraction of sp³-hybridized carbons (Fsp3) is 0.647. The smallest absolute Gasteiger partial charge is 0.427 e. The average molecular weight is 385 g/mol. The third kappa shape index (κ3) is 8.18. The summed E-state index contributed by atoms with van der Waals surface area (Å²) in [4.78, 5) is 32.6. The van der Waals surface area contributed by atoms with Crippen molar-refractivity contribution in [2.24, 2.45) is 5.10 Å². The Labute approximate surface area is 157 Å². The van der Waals surface area contributed by atoms with Gasteiger partial charge >= 0.3 is 18.0 Å². The lowest BCUT2D eigenvalue weighted by Crippen LogP contribution is -2.42. The Bertz CT molecular complexity index is 579. The van der Waals surface area contributed by atoms with Gasteiger partial charge in [0, 0.05) is 31.7 Å². The minimum absolute atomic E-state index is 0.0367. The number of amides is 1. The van der Waals surface area contributed by atoms with E-state index in [0.717, 1.165) is 38.1 Å². The highest BCUT2D eigenvalue weighted by Gasteiger charge is 2.44. The number of aliphatic carboxylic acids is 2. The molecule has 1 amide bonds. The van der Waals surface area contributed by atoms with Crippen LogP contribution in [-0.2, 0) is 19.1 Å². The summed E-state index contributed by atoms with van der Waals surface area (Å²) in [5, 5.41) is 19.8. The van der Waals surface area contributed by atoms with Gasteiger partial charge in [-0.1, -0.05) is 0 Å². The second kappa shape index (κ2) is 10.6. The highest BCUT2D eigenvalue weighted by atomic mass is 16.6. The van der Waals surface area contributed by atoms with Crippen LogP contribution in [0.15, 0.2) is 17.3 Å². The number of carboxylic acid groups (broad SMARTS) is 2. The van der Waals surface area contributed by atoms with Crippen LogP contribution in [0.5, 0.6) is 0 Å². The number of ether oxygens (including phenoxy) is 2. The lowest BCUT2D eigenvalue weighted by atomic mass is 9.88. The molecular formula is C17H27N3O7. The number of carbonyl (C=O) groups is 3. The molecular weight excluding hydrogens is 358 g/mol. The van der Waals surface area contributed by atoms with E-state index >= 15 is 0 Å². The van der Waals surface area contributed by atoms with Crippen molar-refractivity contribution in [2.45, 2.75) is 44.8 Å². The van der Waals surface area contributed by atoms with Gasteiger partial charge in [0.25, 0.3) is 0 Å². The quantitative estimate of drug-likeness (QED) is 0.483. The zero-order chi connectivity index (χ0) is 20.4. The van der Waals surface area contributed by atoms with E-state index in [0.29, 0.717) is 18.8 Å². The Kier molecular flexibility index (Phi) is 8.89. The second-order valence-electron chi connectivity index (χ2n) is 6.37. The van der Waals surface area contributed by atoms with E-state index in [4.69, 9.17) is 19.7 Å². The van der Waals surface area contributed by atoms with Crippen LogP contribution in [0.2, 0.25) is 0 Å². The summed E-state index contributed by atoms with van der Waals surface area (Å²) < 4.78 is 10.9. The van der Waals surface area contributed by atoms with Gasteiger partial charge in [0.2, 0.25) is 0 Å². The molecule has 10 heteroatoms. The first-order valence-corrected chi connectivity index (χ1v) is 8.67. The first kappa shape index (κ1) is 22.6. The molecule has 2 heterocycles. The molecule has 0 bridgehead atoms. The van der Waals surface area contributed by atoms with Gasteiger partial charge < -0.3 is 24.6 Å². The van der Waals surface area contributed by atoms with Crippen LogP contribution in [-0.4, -0.2) is 77.3 Å². The van der Waals surface area contributed by atoms with E-state index in [2.05, 4.69) is 22.5 Å². The molecule has 2 aliphatic heterocycles. The number of carbonyl (C=O) groups excluding carboxylic acids is 1. The molecule has 0 aromatic heterocycles. The fourth-order valence-electron chi connectivity index (χ4n) is 2.83.